The first kappa shape index (κ1) is 11.4. The third kappa shape index (κ3) is 2.22. The van der Waals surface area contributed by atoms with Gasteiger partial charge >= 0.3 is 0 Å². The molecule has 0 aliphatic carbocycles. The lowest BCUT2D eigenvalue weighted by atomic mass is 10.1. The zero-order valence-electron chi connectivity index (χ0n) is 10.1. The van der Waals surface area contributed by atoms with E-state index < -0.39 is 0 Å². The zero-order valence-corrected chi connectivity index (χ0v) is 10.1. The minimum atomic E-state index is 0.152. The Morgan fingerprint density at radius 1 is 1.41 bits per heavy atom. The minimum absolute atomic E-state index is 0.152. The average Bonchev–Trinajstić information content (AvgIpc) is 2.77. The number of rotatable bonds is 3. The molecule has 0 fully saturated rings. The first-order chi connectivity index (χ1) is 8.11. The molecule has 5 heteroatoms. The van der Waals surface area contributed by atoms with Crippen LogP contribution in [0, 0.1) is 6.92 Å². The number of anilines is 1. The summed E-state index contributed by atoms with van der Waals surface area (Å²) in [5, 5.41) is 13.7. The summed E-state index contributed by atoms with van der Waals surface area (Å²) < 4.78 is 5.13. The van der Waals surface area contributed by atoms with Crippen LogP contribution < -0.4 is 4.90 Å². The average molecular weight is 233 g/mol. The molecule has 17 heavy (non-hydrogen) atoms. The molecule has 0 aliphatic heterocycles. The monoisotopic (exact) mass is 233 g/mol. The van der Waals surface area contributed by atoms with E-state index in [0.717, 1.165) is 12.1 Å². The van der Waals surface area contributed by atoms with E-state index in [9.17, 15) is 5.11 Å². The van der Waals surface area contributed by atoms with Crippen LogP contribution in [-0.2, 0) is 0 Å². The van der Waals surface area contributed by atoms with E-state index >= 15 is 0 Å². The fourth-order valence-electron chi connectivity index (χ4n) is 1.44. The molecule has 1 aromatic heterocycles. The lowest BCUT2D eigenvalue weighted by Crippen LogP contribution is -2.16. The fraction of sp³-hybridized carbons (Fsp3) is 0.333. The Balaban J connectivity index is 2.37. The Kier molecular flexibility index (Phi) is 2.99. The van der Waals surface area contributed by atoms with Crippen LogP contribution in [0.1, 0.15) is 12.5 Å². The second-order valence-corrected chi connectivity index (χ2v) is 3.93. The number of phenolic OH excluding ortho intramolecular Hbond substituents is 1. The zero-order chi connectivity index (χ0) is 12.4. The molecule has 2 rings (SSSR count). The summed E-state index contributed by atoms with van der Waals surface area (Å²) in [5.41, 5.74) is 1.54. The molecule has 90 valence electrons. The molecule has 0 amide bonds. The molecule has 1 aromatic carbocycles. The van der Waals surface area contributed by atoms with Crippen LogP contribution >= 0.6 is 0 Å². The van der Waals surface area contributed by atoms with Crippen LogP contribution in [0.2, 0.25) is 0 Å². The largest absolute Gasteiger partial charge is 0.507 e. The second kappa shape index (κ2) is 4.45. The van der Waals surface area contributed by atoms with Gasteiger partial charge in [0, 0.05) is 13.6 Å². The van der Waals surface area contributed by atoms with Crippen molar-refractivity contribution in [2.75, 3.05) is 18.5 Å². The highest BCUT2D eigenvalue weighted by molar-refractivity contribution is 5.63. The van der Waals surface area contributed by atoms with E-state index in [1.165, 1.54) is 0 Å². The SMILES string of the molecule is CCN(C)c1noc(-c2ccc(C)cc2O)n1. The molecule has 0 spiro atoms. The van der Waals surface area contributed by atoms with Gasteiger partial charge in [-0.2, -0.15) is 4.98 Å². The molecule has 0 saturated carbocycles. The van der Waals surface area contributed by atoms with Gasteiger partial charge in [-0.1, -0.05) is 6.07 Å². The fourth-order valence-corrected chi connectivity index (χ4v) is 1.44. The van der Waals surface area contributed by atoms with E-state index in [-0.39, 0.29) is 5.75 Å². The Morgan fingerprint density at radius 2 is 2.18 bits per heavy atom. The third-order valence-corrected chi connectivity index (χ3v) is 2.61. The number of aromatic nitrogens is 2. The highest BCUT2D eigenvalue weighted by atomic mass is 16.5. The molecular formula is C12H15N3O2. The van der Waals surface area contributed by atoms with Gasteiger partial charge in [0.1, 0.15) is 5.75 Å². The lowest BCUT2D eigenvalue weighted by Gasteiger charge is -2.08. The number of benzene rings is 1. The van der Waals surface area contributed by atoms with Crippen LogP contribution in [0.5, 0.6) is 5.75 Å². The number of nitrogens with zero attached hydrogens (tertiary/aromatic N) is 3. The molecule has 1 N–H and O–H groups in total. The standard InChI is InChI=1S/C12H15N3O2/c1-4-15(3)12-13-11(17-14-12)9-6-5-8(2)7-10(9)16/h5-7,16H,4H2,1-3H3. The molecule has 0 saturated heterocycles. The molecular weight excluding hydrogens is 218 g/mol. The van der Waals surface area contributed by atoms with Crippen LogP contribution in [-0.4, -0.2) is 28.8 Å². The van der Waals surface area contributed by atoms with Gasteiger partial charge in [-0.05, 0) is 36.7 Å². The van der Waals surface area contributed by atoms with Crippen LogP contribution in [0.15, 0.2) is 22.7 Å². The molecule has 0 radical (unpaired) electrons. The first-order valence-electron chi connectivity index (χ1n) is 5.46. The van der Waals surface area contributed by atoms with Crippen molar-refractivity contribution in [3.05, 3.63) is 23.8 Å². The summed E-state index contributed by atoms with van der Waals surface area (Å²) in [6.45, 7) is 4.70. The van der Waals surface area contributed by atoms with E-state index in [4.69, 9.17) is 4.52 Å². The van der Waals surface area contributed by atoms with Gasteiger partial charge in [0.2, 0.25) is 0 Å². The molecule has 0 unspecified atom stereocenters. The summed E-state index contributed by atoms with van der Waals surface area (Å²) >= 11 is 0. The smallest absolute Gasteiger partial charge is 0.266 e. The number of aryl methyl sites for hydroxylation is 1. The maximum absolute atomic E-state index is 9.81. The van der Waals surface area contributed by atoms with Crippen molar-refractivity contribution in [1.29, 1.82) is 0 Å². The summed E-state index contributed by atoms with van der Waals surface area (Å²) in [6, 6.07) is 5.33. The van der Waals surface area contributed by atoms with E-state index in [2.05, 4.69) is 10.1 Å². The Labute approximate surface area is 99.7 Å². The Morgan fingerprint density at radius 3 is 2.82 bits per heavy atom. The van der Waals surface area contributed by atoms with Gasteiger partial charge in [-0.3, -0.25) is 0 Å². The summed E-state index contributed by atoms with van der Waals surface area (Å²) in [6.07, 6.45) is 0. The quantitative estimate of drug-likeness (QED) is 0.880. The van der Waals surface area contributed by atoms with Crippen molar-refractivity contribution >= 4 is 5.95 Å². The van der Waals surface area contributed by atoms with E-state index in [0.29, 0.717) is 17.4 Å². The maximum atomic E-state index is 9.81. The van der Waals surface area contributed by atoms with Gasteiger partial charge in [-0.25, -0.2) is 0 Å². The summed E-state index contributed by atoms with van der Waals surface area (Å²) in [4.78, 5) is 6.09. The predicted octanol–water partition coefficient (Wildman–Crippen LogP) is 2.21. The van der Waals surface area contributed by atoms with Gasteiger partial charge in [0.05, 0.1) is 5.56 Å². The summed E-state index contributed by atoms with van der Waals surface area (Å²) in [5.74, 6) is 1.000. The van der Waals surface area contributed by atoms with Crippen molar-refractivity contribution in [3.8, 4) is 17.2 Å². The Hall–Kier alpha value is -2.04. The van der Waals surface area contributed by atoms with E-state index in [1.54, 1.807) is 12.1 Å². The first-order valence-corrected chi connectivity index (χ1v) is 5.46. The topological polar surface area (TPSA) is 62.4 Å². The van der Waals surface area contributed by atoms with Crippen LogP contribution in [0.3, 0.4) is 0 Å². The number of hydrogen-bond donors (Lipinski definition) is 1. The van der Waals surface area contributed by atoms with Gasteiger partial charge in [0.25, 0.3) is 11.8 Å². The van der Waals surface area contributed by atoms with Crippen molar-refractivity contribution in [2.24, 2.45) is 0 Å². The number of phenols is 1. The molecule has 0 atom stereocenters. The van der Waals surface area contributed by atoms with Crippen LogP contribution in [0.25, 0.3) is 11.5 Å². The molecule has 1 heterocycles. The number of hydrogen-bond acceptors (Lipinski definition) is 5. The third-order valence-electron chi connectivity index (χ3n) is 2.61. The molecule has 0 aliphatic rings. The molecule has 5 nitrogen and oxygen atoms in total. The maximum Gasteiger partial charge on any atom is 0.266 e. The van der Waals surface area contributed by atoms with Gasteiger partial charge < -0.3 is 14.5 Å². The second-order valence-electron chi connectivity index (χ2n) is 3.93. The Bertz CT molecular complexity index is 522. The van der Waals surface area contributed by atoms with Gasteiger partial charge in [-0.15, -0.1) is 0 Å². The normalized spacial score (nSPS) is 10.5. The highest BCUT2D eigenvalue weighted by Crippen LogP contribution is 2.29. The summed E-state index contributed by atoms with van der Waals surface area (Å²) in [7, 11) is 1.88. The van der Waals surface area contributed by atoms with Crippen molar-refractivity contribution in [2.45, 2.75) is 13.8 Å². The van der Waals surface area contributed by atoms with Crippen molar-refractivity contribution in [3.63, 3.8) is 0 Å². The van der Waals surface area contributed by atoms with Crippen molar-refractivity contribution < 1.29 is 9.63 Å². The van der Waals surface area contributed by atoms with Crippen molar-refractivity contribution in [1.82, 2.24) is 10.1 Å². The van der Waals surface area contributed by atoms with Crippen LogP contribution in [0.4, 0.5) is 5.95 Å². The van der Waals surface area contributed by atoms with Gasteiger partial charge in [0.15, 0.2) is 0 Å². The minimum Gasteiger partial charge on any atom is -0.507 e. The highest BCUT2D eigenvalue weighted by Gasteiger charge is 2.14. The number of aromatic hydroxyl groups is 1. The molecule has 2 aromatic rings. The van der Waals surface area contributed by atoms with E-state index in [1.807, 2.05) is 31.9 Å². The lowest BCUT2D eigenvalue weighted by molar-refractivity contribution is 0.424. The molecule has 0 bridgehead atoms. The predicted molar refractivity (Wildman–Crippen MR) is 65.1 cm³/mol.